The molecule has 1 fully saturated rings. The fraction of sp³-hybridized carbons (Fsp3) is 0.417. The second-order valence-electron chi connectivity index (χ2n) is 4.33. The van der Waals surface area contributed by atoms with Crippen LogP contribution in [0.25, 0.3) is 0 Å². The lowest BCUT2D eigenvalue weighted by atomic mass is 9.97. The first-order valence-electron chi connectivity index (χ1n) is 5.55. The molecule has 1 aromatic rings. The zero-order chi connectivity index (χ0) is 12.4. The van der Waals surface area contributed by atoms with Crippen LogP contribution in [-0.4, -0.2) is 19.0 Å². The van der Waals surface area contributed by atoms with Crippen molar-refractivity contribution in [2.24, 2.45) is 11.8 Å². The molecular formula is C12H14ClFN2O. The van der Waals surface area contributed by atoms with Crippen LogP contribution in [-0.2, 0) is 4.79 Å². The van der Waals surface area contributed by atoms with Gasteiger partial charge in [0.1, 0.15) is 0 Å². The van der Waals surface area contributed by atoms with Gasteiger partial charge in [-0.3, -0.25) is 4.79 Å². The van der Waals surface area contributed by atoms with E-state index in [2.05, 4.69) is 10.6 Å². The standard InChI is InChI=1S/C12H14ClFN2O/c1-7-5-15-6-8(7)12(17)16-10-4-2-3-9(13)11(10)14/h2-4,7-8,15H,5-6H2,1H3,(H,16,17)/t7-,8-/m1/s1. The van der Waals surface area contributed by atoms with E-state index in [0.717, 1.165) is 6.54 Å². The molecule has 1 aromatic carbocycles. The fourth-order valence-electron chi connectivity index (χ4n) is 1.99. The topological polar surface area (TPSA) is 41.1 Å². The predicted molar refractivity (Wildman–Crippen MR) is 65.6 cm³/mol. The monoisotopic (exact) mass is 256 g/mol. The number of carbonyl (C=O) groups excluding carboxylic acids is 1. The van der Waals surface area contributed by atoms with Crippen molar-refractivity contribution in [1.29, 1.82) is 0 Å². The number of halogens is 2. The number of hydrogen-bond donors (Lipinski definition) is 2. The van der Waals surface area contributed by atoms with Gasteiger partial charge in [0.05, 0.1) is 16.6 Å². The molecule has 0 aliphatic carbocycles. The maximum atomic E-state index is 13.6. The van der Waals surface area contributed by atoms with E-state index in [9.17, 15) is 9.18 Å². The maximum Gasteiger partial charge on any atom is 0.229 e. The normalized spacial score (nSPS) is 23.7. The van der Waals surface area contributed by atoms with Gasteiger partial charge in [0.25, 0.3) is 0 Å². The van der Waals surface area contributed by atoms with E-state index in [4.69, 9.17) is 11.6 Å². The van der Waals surface area contributed by atoms with Gasteiger partial charge >= 0.3 is 0 Å². The SMILES string of the molecule is C[C@@H]1CNC[C@H]1C(=O)Nc1cccc(Cl)c1F. The first-order chi connectivity index (χ1) is 8.09. The van der Waals surface area contributed by atoms with Crippen LogP contribution in [0.3, 0.4) is 0 Å². The number of nitrogens with one attached hydrogen (secondary N) is 2. The second kappa shape index (κ2) is 5.02. The number of carbonyl (C=O) groups is 1. The summed E-state index contributed by atoms with van der Waals surface area (Å²) in [6, 6.07) is 4.57. The molecule has 1 amide bonds. The lowest BCUT2D eigenvalue weighted by Crippen LogP contribution is -2.28. The van der Waals surface area contributed by atoms with Gasteiger partial charge in [-0.25, -0.2) is 4.39 Å². The van der Waals surface area contributed by atoms with Crippen LogP contribution in [0.5, 0.6) is 0 Å². The molecule has 1 aliphatic heterocycles. The van der Waals surface area contributed by atoms with Crippen molar-refractivity contribution in [2.45, 2.75) is 6.92 Å². The molecule has 2 rings (SSSR count). The van der Waals surface area contributed by atoms with Crippen LogP contribution >= 0.6 is 11.6 Å². The molecule has 1 heterocycles. The van der Waals surface area contributed by atoms with Crippen molar-refractivity contribution in [3.63, 3.8) is 0 Å². The summed E-state index contributed by atoms with van der Waals surface area (Å²) in [5, 5.41) is 5.73. The molecule has 0 aromatic heterocycles. The van der Waals surface area contributed by atoms with Crippen LogP contribution in [0.4, 0.5) is 10.1 Å². The van der Waals surface area contributed by atoms with Gasteiger partial charge in [0, 0.05) is 6.54 Å². The number of hydrogen-bond acceptors (Lipinski definition) is 2. The maximum absolute atomic E-state index is 13.6. The van der Waals surface area contributed by atoms with E-state index in [1.807, 2.05) is 6.92 Å². The summed E-state index contributed by atoms with van der Waals surface area (Å²) in [6.07, 6.45) is 0. The van der Waals surface area contributed by atoms with Crippen LogP contribution < -0.4 is 10.6 Å². The number of rotatable bonds is 2. The summed E-state index contributed by atoms with van der Waals surface area (Å²) in [5.41, 5.74) is 0.140. The average molecular weight is 257 g/mol. The number of anilines is 1. The Morgan fingerprint density at radius 3 is 2.94 bits per heavy atom. The van der Waals surface area contributed by atoms with E-state index < -0.39 is 5.82 Å². The summed E-state index contributed by atoms with van der Waals surface area (Å²) < 4.78 is 13.6. The van der Waals surface area contributed by atoms with Crippen LogP contribution in [0.1, 0.15) is 6.92 Å². The second-order valence-corrected chi connectivity index (χ2v) is 4.74. The zero-order valence-electron chi connectivity index (χ0n) is 9.47. The van der Waals surface area contributed by atoms with Crippen molar-refractivity contribution in [3.05, 3.63) is 29.0 Å². The Labute approximate surface area is 104 Å². The molecule has 17 heavy (non-hydrogen) atoms. The summed E-state index contributed by atoms with van der Waals surface area (Å²) in [5.74, 6) is -0.601. The van der Waals surface area contributed by atoms with E-state index in [0.29, 0.717) is 6.54 Å². The molecule has 1 aliphatic rings. The largest absolute Gasteiger partial charge is 0.323 e. The van der Waals surface area contributed by atoms with Gasteiger partial charge in [0.15, 0.2) is 5.82 Å². The molecule has 2 N–H and O–H groups in total. The minimum Gasteiger partial charge on any atom is -0.323 e. The van der Waals surface area contributed by atoms with E-state index >= 15 is 0 Å². The quantitative estimate of drug-likeness (QED) is 0.852. The Bertz CT molecular complexity index is 439. The summed E-state index contributed by atoms with van der Waals surface area (Å²) in [4.78, 5) is 11.9. The molecule has 1 saturated heterocycles. The third-order valence-corrected chi connectivity index (χ3v) is 3.36. The predicted octanol–water partition coefficient (Wildman–Crippen LogP) is 2.27. The zero-order valence-corrected chi connectivity index (χ0v) is 10.2. The highest BCUT2D eigenvalue weighted by Gasteiger charge is 2.29. The molecule has 0 bridgehead atoms. The highest BCUT2D eigenvalue weighted by Crippen LogP contribution is 2.24. The summed E-state index contributed by atoms with van der Waals surface area (Å²) >= 11 is 5.65. The molecule has 0 saturated carbocycles. The van der Waals surface area contributed by atoms with E-state index in [1.165, 1.54) is 12.1 Å². The molecule has 0 spiro atoms. The molecular weight excluding hydrogens is 243 g/mol. The highest BCUT2D eigenvalue weighted by atomic mass is 35.5. The van der Waals surface area contributed by atoms with Gasteiger partial charge in [-0.1, -0.05) is 24.6 Å². The Morgan fingerprint density at radius 2 is 2.29 bits per heavy atom. The summed E-state index contributed by atoms with van der Waals surface area (Å²) in [6.45, 7) is 3.45. The van der Waals surface area contributed by atoms with Gasteiger partial charge in [0.2, 0.25) is 5.91 Å². The first-order valence-corrected chi connectivity index (χ1v) is 5.93. The van der Waals surface area contributed by atoms with Crippen molar-refractivity contribution in [1.82, 2.24) is 5.32 Å². The highest BCUT2D eigenvalue weighted by molar-refractivity contribution is 6.31. The number of amides is 1. The molecule has 3 nitrogen and oxygen atoms in total. The Morgan fingerprint density at radius 1 is 1.53 bits per heavy atom. The van der Waals surface area contributed by atoms with Gasteiger partial charge in [-0.2, -0.15) is 0 Å². The molecule has 92 valence electrons. The van der Waals surface area contributed by atoms with Crippen LogP contribution in [0.15, 0.2) is 18.2 Å². The third-order valence-electron chi connectivity index (χ3n) is 3.06. The average Bonchev–Trinajstić information content (AvgIpc) is 2.71. The van der Waals surface area contributed by atoms with Gasteiger partial charge < -0.3 is 10.6 Å². The molecule has 5 heteroatoms. The summed E-state index contributed by atoms with van der Waals surface area (Å²) in [7, 11) is 0. The van der Waals surface area contributed by atoms with Crippen molar-refractivity contribution in [2.75, 3.05) is 18.4 Å². The smallest absolute Gasteiger partial charge is 0.229 e. The van der Waals surface area contributed by atoms with Crippen LogP contribution in [0, 0.1) is 17.7 Å². The minimum atomic E-state index is -0.582. The Balaban J connectivity index is 2.10. The molecule has 0 radical (unpaired) electrons. The Hall–Kier alpha value is -1.13. The van der Waals surface area contributed by atoms with Crippen molar-refractivity contribution >= 4 is 23.2 Å². The fourth-order valence-corrected chi connectivity index (χ4v) is 2.16. The minimum absolute atomic E-state index is 0.0143. The third kappa shape index (κ3) is 2.58. The van der Waals surface area contributed by atoms with Gasteiger partial charge in [-0.05, 0) is 24.6 Å². The van der Waals surface area contributed by atoms with Crippen LogP contribution in [0.2, 0.25) is 5.02 Å². The van der Waals surface area contributed by atoms with Crippen molar-refractivity contribution in [3.8, 4) is 0 Å². The Kier molecular flexibility index (Phi) is 3.64. The van der Waals surface area contributed by atoms with Gasteiger partial charge in [-0.15, -0.1) is 0 Å². The van der Waals surface area contributed by atoms with E-state index in [-0.39, 0.29) is 28.5 Å². The number of benzene rings is 1. The lowest BCUT2D eigenvalue weighted by molar-refractivity contribution is -0.120. The van der Waals surface area contributed by atoms with E-state index in [1.54, 1.807) is 6.07 Å². The molecule has 2 atom stereocenters. The van der Waals surface area contributed by atoms with Crippen molar-refractivity contribution < 1.29 is 9.18 Å². The first kappa shape index (κ1) is 12.3. The lowest BCUT2D eigenvalue weighted by Gasteiger charge is -2.14. The molecule has 0 unspecified atom stereocenters.